The Labute approximate surface area is 118 Å². The number of rotatable bonds is 4. The molecule has 0 aliphatic carbocycles. The summed E-state index contributed by atoms with van der Waals surface area (Å²) in [4.78, 5) is 21.6. The summed E-state index contributed by atoms with van der Waals surface area (Å²) in [5, 5.41) is 15.2. The molecule has 1 aromatic carbocycles. The van der Waals surface area contributed by atoms with Gasteiger partial charge in [-0.2, -0.15) is 4.68 Å². The van der Waals surface area contributed by atoms with Crippen molar-refractivity contribution in [2.24, 2.45) is 0 Å². The lowest BCUT2D eigenvalue weighted by atomic mass is 10.2. The lowest BCUT2D eigenvalue weighted by molar-refractivity contribution is -0.390. The molecule has 0 atom stereocenters. The van der Waals surface area contributed by atoms with Crippen LogP contribution in [0.4, 0.5) is 5.82 Å². The van der Waals surface area contributed by atoms with E-state index in [2.05, 4.69) is 9.84 Å². The molecule has 0 unspecified atom stereocenters. The van der Waals surface area contributed by atoms with Gasteiger partial charge in [-0.3, -0.25) is 0 Å². The number of hydrogen-bond donors (Lipinski definition) is 0. The Kier molecular flexibility index (Phi) is 3.99. The van der Waals surface area contributed by atoms with Crippen LogP contribution in [0.1, 0.15) is 15.9 Å². The van der Waals surface area contributed by atoms with Crippen molar-refractivity contribution in [1.82, 2.24) is 9.78 Å². The molecule has 0 fully saturated rings. The van der Waals surface area contributed by atoms with Crippen LogP contribution < -0.4 is 0 Å². The minimum absolute atomic E-state index is 0.175. The first kappa shape index (κ1) is 14.0. The fourth-order valence-electron chi connectivity index (χ4n) is 1.66. The third-order valence-corrected chi connectivity index (χ3v) is 2.83. The largest absolute Gasteiger partial charge is 0.465 e. The molecule has 2 rings (SSSR count). The molecule has 2 aromatic rings. The number of halogens is 1. The first-order valence-corrected chi connectivity index (χ1v) is 5.93. The first-order chi connectivity index (χ1) is 9.51. The minimum Gasteiger partial charge on any atom is -0.465 e. The average molecular weight is 296 g/mol. The number of nitro groups is 1. The lowest BCUT2D eigenvalue weighted by Crippen LogP contribution is -2.03. The molecule has 0 bridgehead atoms. The second-order valence-electron chi connectivity index (χ2n) is 3.94. The Morgan fingerprint density at radius 2 is 2.10 bits per heavy atom. The van der Waals surface area contributed by atoms with Crippen molar-refractivity contribution < 1.29 is 14.5 Å². The molecule has 0 radical (unpaired) electrons. The van der Waals surface area contributed by atoms with E-state index in [1.165, 1.54) is 10.9 Å². The summed E-state index contributed by atoms with van der Waals surface area (Å²) in [6, 6.07) is 6.95. The van der Waals surface area contributed by atoms with Crippen molar-refractivity contribution in [2.45, 2.75) is 6.54 Å². The number of methoxy groups -OCH3 is 1. The molecular weight excluding hydrogens is 286 g/mol. The highest BCUT2D eigenvalue weighted by molar-refractivity contribution is 6.30. The van der Waals surface area contributed by atoms with E-state index in [0.717, 1.165) is 12.7 Å². The van der Waals surface area contributed by atoms with Crippen LogP contribution in [0.25, 0.3) is 0 Å². The van der Waals surface area contributed by atoms with Gasteiger partial charge in [-0.25, -0.2) is 4.79 Å². The average Bonchev–Trinajstić information content (AvgIpc) is 2.84. The van der Waals surface area contributed by atoms with E-state index in [1.54, 1.807) is 24.3 Å². The van der Waals surface area contributed by atoms with E-state index >= 15 is 0 Å². The van der Waals surface area contributed by atoms with Crippen molar-refractivity contribution >= 4 is 23.4 Å². The van der Waals surface area contributed by atoms with E-state index in [0.29, 0.717) is 5.02 Å². The summed E-state index contributed by atoms with van der Waals surface area (Å²) >= 11 is 5.77. The lowest BCUT2D eigenvalue weighted by Gasteiger charge is -1.98. The monoisotopic (exact) mass is 295 g/mol. The first-order valence-electron chi connectivity index (χ1n) is 5.56. The summed E-state index contributed by atoms with van der Waals surface area (Å²) in [5.41, 5.74) is 0.676. The number of aromatic nitrogens is 2. The van der Waals surface area contributed by atoms with Gasteiger partial charge in [-0.15, -0.1) is 0 Å². The SMILES string of the molecule is COC(=O)c1cn(Cc2ccc(Cl)cc2)nc1[N+](=O)[O-]. The van der Waals surface area contributed by atoms with Crippen molar-refractivity contribution in [3.05, 3.63) is 56.7 Å². The number of esters is 1. The highest BCUT2D eigenvalue weighted by Gasteiger charge is 2.27. The molecule has 7 nitrogen and oxygen atoms in total. The van der Waals surface area contributed by atoms with Gasteiger partial charge in [0.1, 0.15) is 0 Å². The predicted octanol–water partition coefficient (Wildman–Crippen LogP) is 2.28. The van der Waals surface area contributed by atoms with Gasteiger partial charge >= 0.3 is 11.8 Å². The highest BCUT2D eigenvalue weighted by Crippen LogP contribution is 2.18. The maximum absolute atomic E-state index is 11.5. The Balaban J connectivity index is 2.31. The van der Waals surface area contributed by atoms with Gasteiger partial charge in [0.2, 0.25) is 0 Å². The zero-order valence-electron chi connectivity index (χ0n) is 10.4. The summed E-state index contributed by atoms with van der Waals surface area (Å²) in [7, 11) is 1.16. The Hall–Kier alpha value is -2.41. The van der Waals surface area contributed by atoms with Crippen LogP contribution in [0, 0.1) is 10.1 Å². The molecule has 0 N–H and O–H groups in total. The van der Waals surface area contributed by atoms with Gasteiger partial charge in [0.25, 0.3) is 0 Å². The van der Waals surface area contributed by atoms with E-state index in [9.17, 15) is 14.9 Å². The Bertz CT molecular complexity index is 651. The summed E-state index contributed by atoms with van der Waals surface area (Å²) in [6.45, 7) is 0.287. The van der Waals surface area contributed by atoms with E-state index in [4.69, 9.17) is 11.6 Å². The molecule has 0 spiro atoms. The van der Waals surface area contributed by atoms with Gasteiger partial charge in [0.15, 0.2) is 5.56 Å². The number of benzene rings is 1. The second-order valence-corrected chi connectivity index (χ2v) is 4.38. The standard InChI is InChI=1S/C12H10ClN3O4/c1-20-12(17)10-7-15(14-11(10)16(18)19)6-8-2-4-9(13)5-3-8/h2-5,7H,6H2,1H3. The molecule has 8 heteroatoms. The van der Waals surface area contributed by atoms with Crippen molar-refractivity contribution in [2.75, 3.05) is 7.11 Å². The molecule has 0 aliphatic heterocycles. The van der Waals surface area contributed by atoms with Gasteiger partial charge in [0, 0.05) is 5.02 Å². The van der Waals surface area contributed by atoms with Crippen LogP contribution in [0.2, 0.25) is 5.02 Å². The zero-order valence-corrected chi connectivity index (χ0v) is 11.2. The third-order valence-electron chi connectivity index (χ3n) is 2.58. The number of hydrogen-bond acceptors (Lipinski definition) is 5. The smallest absolute Gasteiger partial charge is 0.404 e. The molecule has 0 saturated carbocycles. The Morgan fingerprint density at radius 3 is 2.65 bits per heavy atom. The second kappa shape index (κ2) is 5.70. The summed E-state index contributed by atoms with van der Waals surface area (Å²) < 4.78 is 5.81. The molecule has 20 heavy (non-hydrogen) atoms. The van der Waals surface area contributed by atoms with Crippen LogP contribution >= 0.6 is 11.6 Å². The number of ether oxygens (including phenoxy) is 1. The fraction of sp³-hybridized carbons (Fsp3) is 0.167. The molecular formula is C12H10ClN3O4. The Morgan fingerprint density at radius 1 is 1.45 bits per heavy atom. The maximum Gasteiger partial charge on any atom is 0.404 e. The number of carbonyl (C=O) groups is 1. The predicted molar refractivity (Wildman–Crippen MR) is 70.8 cm³/mol. The van der Waals surface area contributed by atoms with Crippen LogP contribution in [-0.2, 0) is 11.3 Å². The van der Waals surface area contributed by atoms with Crippen LogP contribution in [0.3, 0.4) is 0 Å². The molecule has 0 saturated heterocycles. The van der Waals surface area contributed by atoms with Crippen LogP contribution in [0.15, 0.2) is 30.5 Å². The van der Waals surface area contributed by atoms with Gasteiger partial charge in [-0.1, -0.05) is 23.7 Å². The van der Waals surface area contributed by atoms with Crippen LogP contribution in [0.5, 0.6) is 0 Å². The quantitative estimate of drug-likeness (QED) is 0.490. The van der Waals surface area contributed by atoms with Gasteiger partial charge in [-0.05, 0) is 22.6 Å². The van der Waals surface area contributed by atoms with Crippen LogP contribution in [-0.4, -0.2) is 27.8 Å². The number of carbonyl (C=O) groups excluding carboxylic acids is 1. The maximum atomic E-state index is 11.5. The molecule has 0 aliphatic rings. The molecule has 104 valence electrons. The van der Waals surface area contributed by atoms with Crippen molar-refractivity contribution in [3.8, 4) is 0 Å². The summed E-state index contributed by atoms with van der Waals surface area (Å²) in [5.74, 6) is -1.31. The molecule has 1 heterocycles. The van der Waals surface area contributed by atoms with E-state index < -0.39 is 16.7 Å². The minimum atomic E-state index is -0.793. The molecule has 0 amide bonds. The van der Waals surface area contributed by atoms with Crippen molar-refractivity contribution in [1.29, 1.82) is 0 Å². The topological polar surface area (TPSA) is 87.3 Å². The van der Waals surface area contributed by atoms with Gasteiger partial charge in [0.05, 0.1) is 25.0 Å². The zero-order chi connectivity index (χ0) is 14.7. The normalized spacial score (nSPS) is 10.3. The van der Waals surface area contributed by atoms with Gasteiger partial charge < -0.3 is 14.9 Å². The van der Waals surface area contributed by atoms with Crippen molar-refractivity contribution in [3.63, 3.8) is 0 Å². The number of nitrogens with zero attached hydrogens (tertiary/aromatic N) is 3. The summed E-state index contributed by atoms with van der Waals surface area (Å²) in [6.07, 6.45) is 1.29. The van der Waals surface area contributed by atoms with E-state index in [-0.39, 0.29) is 12.1 Å². The third kappa shape index (κ3) is 2.94. The fourth-order valence-corrected chi connectivity index (χ4v) is 1.78. The highest BCUT2D eigenvalue weighted by atomic mass is 35.5. The molecule has 1 aromatic heterocycles. The van der Waals surface area contributed by atoms with E-state index in [1.807, 2.05) is 0 Å².